The average molecular weight is 261 g/mol. The highest BCUT2D eigenvalue weighted by Gasteiger charge is 2.45. The van der Waals surface area contributed by atoms with Crippen LogP contribution in [0.15, 0.2) is 17.0 Å². The Hall–Kier alpha value is -1.01. The third-order valence-electron chi connectivity index (χ3n) is 3.22. The molecule has 0 amide bonds. The van der Waals surface area contributed by atoms with Crippen molar-refractivity contribution in [1.82, 2.24) is 0 Å². The number of benzene rings is 1. The molecule has 3 nitrogen and oxygen atoms in total. The molecular formula is C11H13F2NO2S. The lowest BCUT2D eigenvalue weighted by atomic mass is 9.95. The first-order valence-corrected chi connectivity index (χ1v) is 7.09. The lowest BCUT2D eigenvalue weighted by Gasteiger charge is -2.15. The molecule has 1 fully saturated rings. The summed E-state index contributed by atoms with van der Waals surface area (Å²) in [6.07, 6.45) is 2.18. The second-order valence-electron chi connectivity index (χ2n) is 4.52. The minimum atomic E-state index is -3.78. The molecule has 17 heavy (non-hydrogen) atoms. The molecule has 2 rings (SSSR count). The largest absolute Gasteiger partial charge is 0.330 e. The minimum absolute atomic E-state index is 0.0837. The molecule has 0 bridgehead atoms. The molecule has 1 saturated carbocycles. The summed E-state index contributed by atoms with van der Waals surface area (Å²) in [4.78, 5) is -0.591. The van der Waals surface area contributed by atoms with E-state index in [9.17, 15) is 17.2 Å². The Morgan fingerprint density at radius 1 is 1.35 bits per heavy atom. The molecule has 1 aliphatic carbocycles. The van der Waals surface area contributed by atoms with Crippen molar-refractivity contribution >= 4 is 9.84 Å². The van der Waals surface area contributed by atoms with Gasteiger partial charge in [0.25, 0.3) is 0 Å². The third kappa shape index (κ3) is 2.07. The molecule has 0 aliphatic heterocycles. The van der Waals surface area contributed by atoms with Crippen molar-refractivity contribution in [3.05, 3.63) is 29.3 Å². The van der Waals surface area contributed by atoms with Gasteiger partial charge in [-0.25, -0.2) is 17.2 Å². The van der Waals surface area contributed by atoms with Crippen LogP contribution in [0.3, 0.4) is 0 Å². The van der Waals surface area contributed by atoms with Crippen LogP contribution in [0.4, 0.5) is 8.78 Å². The van der Waals surface area contributed by atoms with Crippen molar-refractivity contribution in [2.75, 3.05) is 12.8 Å². The monoisotopic (exact) mass is 261 g/mol. The highest BCUT2D eigenvalue weighted by atomic mass is 32.2. The maximum Gasteiger partial charge on any atom is 0.178 e. The summed E-state index contributed by atoms with van der Waals surface area (Å²) in [5.74, 6) is -1.61. The van der Waals surface area contributed by atoms with Crippen LogP contribution >= 0.6 is 0 Å². The molecule has 1 aliphatic rings. The van der Waals surface area contributed by atoms with Crippen LogP contribution in [0.2, 0.25) is 0 Å². The second-order valence-corrected chi connectivity index (χ2v) is 6.51. The van der Waals surface area contributed by atoms with Gasteiger partial charge in [-0.05, 0) is 30.5 Å². The fraction of sp³-hybridized carbons (Fsp3) is 0.455. The fourth-order valence-electron chi connectivity index (χ4n) is 1.95. The topological polar surface area (TPSA) is 60.2 Å². The Kier molecular flexibility index (Phi) is 2.74. The van der Waals surface area contributed by atoms with E-state index in [0.29, 0.717) is 18.9 Å². The van der Waals surface area contributed by atoms with Crippen LogP contribution in [0.25, 0.3) is 0 Å². The molecule has 6 heteroatoms. The van der Waals surface area contributed by atoms with E-state index in [1.165, 1.54) is 0 Å². The van der Waals surface area contributed by atoms with Gasteiger partial charge in [0, 0.05) is 18.2 Å². The molecule has 94 valence electrons. The van der Waals surface area contributed by atoms with E-state index >= 15 is 0 Å². The smallest absolute Gasteiger partial charge is 0.178 e. The zero-order valence-corrected chi connectivity index (χ0v) is 10.2. The first-order valence-electron chi connectivity index (χ1n) is 5.20. The van der Waals surface area contributed by atoms with Crippen molar-refractivity contribution in [2.45, 2.75) is 23.2 Å². The van der Waals surface area contributed by atoms with E-state index < -0.39 is 31.8 Å². The number of halogens is 2. The van der Waals surface area contributed by atoms with Gasteiger partial charge in [-0.2, -0.15) is 0 Å². The van der Waals surface area contributed by atoms with Gasteiger partial charge in [0.15, 0.2) is 9.84 Å². The fourth-order valence-corrected chi connectivity index (χ4v) is 2.72. The number of hydrogen-bond donors (Lipinski definition) is 1. The Labute approximate surface area is 98.5 Å². The Morgan fingerprint density at radius 2 is 1.94 bits per heavy atom. The van der Waals surface area contributed by atoms with E-state index in [4.69, 9.17) is 5.73 Å². The van der Waals surface area contributed by atoms with Crippen molar-refractivity contribution < 1.29 is 17.2 Å². The number of rotatable bonds is 3. The number of sulfone groups is 1. The molecule has 1 aromatic carbocycles. The average Bonchev–Trinajstić information content (AvgIpc) is 3.00. The van der Waals surface area contributed by atoms with Crippen LogP contribution in [0.5, 0.6) is 0 Å². The maximum atomic E-state index is 14.1. The molecular weight excluding hydrogens is 248 g/mol. The molecule has 0 atom stereocenters. The molecule has 2 N–H and O–H groups in total. The van der Waals surface area contributed by atoms with Gasteiger partial charge < -0.3 is 5.73 Å². The van der Waals surface area contributed by atoms with Crippen molar-refractivity contribution in [2.24, 2.45) is 5.73 Å². The summed E-state index contributed by atoms with van der Waals surface area (Å²) < 4.78 is 50.1. The van der Waals surface area contributed by atoms with Gasteiger partial charge in [-0.15, -0.1) is 0 Å². The first-order chi connectivity index (χ1) is 7.80. The molecule has 0 aromatic heterocycles. The summed E-state index contributed by atoms with van der Waals surface area (Å²) in [6, 6.07) is 1.75. The summed E-state index contributed by atoms with van der Waals surface area (Å²) in [7, 11) is -3.78. The molecule has 0 heterocycles. The second kappa shape index (κ2) is 3.74. The summed E-state index contributed by atoms with van der Waals surface area (Å²) >= 11 is 0. The number of hydrogen-bond acceptors (Lipinski definition) is 3. The van der Waals surface area contributed by atoms with Crippen LogP contribution in [-0.4, -0.2) is 21.2 Å². The quantitative estimate of drug-likeness (QED) is 0.893. The Morgan fingerprint density at radius 3 is 2.35 bits per heavy atom. The predicted molar refractivity (Wildman–Crippen MR) is 59.4 cm³/mol. The van der Waals surface area contributed by atoms with Crippen LogP contribution in [-0.2, 0) is 15.3 Å². The predicted octanol–water partition coefficient (Wildman–Crippen LogP) is 1.36. The number of nitrogens with two attached hydrogens (primary N) is 1. The zero-order chi connectivity index (χ0) is 12.8. The van der Waals surface area contributed by atoms with E-state index in [0.717, 1.165) is 12.3 Å². The van der Waals surface area contributed by atoms with Crippen molar-refractivity contribution in [3.8, 4) is 0 Å². The van der Waals surface area contributed by atoms with Gasteiger partial charge in [0.2, 0.25) is 0 Å². The lowest BCUT2D eigenvalue weighted by Crippen LogP contribution is -2.22. The highest BCUT2D eigenvalue weighted by molar-refractivity contribution is 7.90. The highest BCUT2D eigenvalue weighted by Crippen LogP contribution is 2.49. The van der Waals surface area contributed by atoms with Crippen molar-refractivity contribution in [3.63, 3.8) is 0 Å². The van der Waals surface area contributed by atoms with Crippen LogP contribution in [0, 0.1) is 11.6 Å². The van der Waals surface area contributed by atoms with Gasteiger partial charge in [-0.3, -0.25) is 0 Å². The summed E-state index contributed by atoms with van der Waals surface area (Å²) in [5, 5.41) is 0. The van der Waals surface area contributed by atoms with Crippen molar-refractivity contribution in [1.29, 1.82) is 0 Å². The van der Waals surface area contributed by atoms with Gasteiger partial charge in [0.05, 0.1) is 0 Å². The van der Waals surface area contributed by atoms with Crippen LogP contribution < -0.4 is 5.73 Å². The molecule has 0 saturated heterocycles. The maximum absolute atomic E-state index is 14.1. The summed E-state index contributed by atoms with van der Waals surface area (Å²) in [6.45, 7) is 0.191. The van der Waals surface area contributed by atoms with E-state index in [2.05, 4.69) is 0 Å². The third-order valence-corrected chi connectivity index (χ3v) is 4.32. The van der Waals surface area contributed by atoms with Gasteiger partial charge in [-0.1, -0.05) is 0 Å². The zero-order valence-electron chi connectivity index (χ0n) is 9.33. The SMILES string of the molecule is CS(=O)(=O)c1cc(F)cc(C2(CN)CC2)c1F. The summed E-state index contributed by atoms with van der Waals surface area (Å²) in [5.41, 5.74) is 5.05. The van der Waals surface area contributed by atoms with E-state index in [1.807, 2.05) is 0 Å². The lowest BCUT2D eigenvalue weighted by molar-refractivity contribution is 0.522. The van der Waals surface area contributed by atoms with E-state index in [-0.39, 0.29) is 12.1 Å². The normalized spacial score (nSPS) is 18.1. The molecule has 0 radical (unpaired) electrons. The van der Waals surface area contributed by atoms with Gasteiger partial charge in [0.1, 0.15) is 16.5 Å². The molecule has 0 spiro atoms. The Balaban J connectivity index is 2.67. The van der Waals surface area contributed by atoms with Gasteiger partial charge >= 0.3 is 0 Å². The molecule has 1 aromatic rings. The van der Waals surface area contributed by atoms with Crippen LogP contribution in [0.1, 0.15) is 18.4 Å². The first kappa shape index (κ1) is 12.4. The molecule has 0 unspecified atom stereocenters. The minimum Gasteiger partial charge on any atom is -0.330 e. The Bertz CT molecular complexity index is 565. The van der Waals surface area contributed by atoms with E-state index in [1.54, 1.807) is 0 Å². The standard InChI is InChI=1S/C11H13F2NO2S/c1-17(15,16)9-5-7(12)4-8(10(9)13)11(6-14)2-3-11/h4-5H,2-3,6,14H2,1H3.